The molecular weight excluding hydrogens is 462 g/mol. The van der Waals surface area contributed by atoms with Gasteiger partial charge in [0.25, 0.3) is 0 Å². The number of aromatic nitrogens is 2. The number of nitrogens with one attached hydrogen (secondary N) is 1. The molecule has 0 saturated heterocycles. The molecule has 0 spiro atoms. The van der Waals surface area contributed by atoms with E-state index in [1.165, 1.54) is 6.92 Å². The van der Waals surface area contributed by atoms with Gasteiger partial charge < -0.3 is 47.1 Å². The average Bonchev–Trinajstić information content (AvgIpc) is 2.74. The third-order valence-corrected chi connectivity index (χ3v) is 4.60. The predicted octanol–water partition coefficient (Wildman–Crippen LogP) is -4.03. The van der Waals surface area contributed by atoms with Gasteiger partial charge >= 0.3 is 23.6 Å². The van der Waals surface area contributed by atoms with Crippen molar-refractivity contribution >= 4 is 29.6 Å². The van der Waals surface area contributed by atoms with Crippen molar-refractivity contribution in [2.75, 3.05) is 11.9 Å². The molecule has 1 amide bonds. The maximum atomic E-state index is 12.4. The van der Waals surface area contributed by atoms with Gasteiger partial charge in [0.1, 0.15) is 24.1 Å². The van der Waals surface area contributed by atoms with Crippen LogP contribution in [0.1, 0.15) is 25.8 Å². The summed E-state index contributed by atoms with van der Waals surface area (Å²) in [4.78, 5) is 61.2. The van der Waals surface area contributed by atoms with E-state index in [2.05, 4.69) is 10.3 Å². The minimum absolute atomic E-state index is 0.258. The van der Waals surface area contributed by atoms with Gasteiger partial charge in [0.15, 0.2) is 6.10 Å². The average molecular weight is 489 g/mol. The number of nitrogens with zero attached hydrogens (tertiary/aromatic N) is 2. The highest BCUT2D eigenvalue weighted by atomic mass is 16.6. The molecule has 6 atom stereocenters. The Balaban J connectivity index is 3.03. The molecular formula is C18H27N5O11. The minimum atomic E-state index is -1.81. The summed E-state index contributed by atoms with van der Waals surface area (Å²) in [5, 5.41) is 49.4. The van der Waals surface area contributed by atoms with E-state index in [-0.39, 0.29) is 5.82 Å². The summed E-state index contributed by atoms with van der Waals surface area (Å²) in [6.45, 7) is 0.335. The maximum absolute atomic E-state index is 12.4. The molecule has 2 unspecified atom stereocenters. The van der Waals surface area contributed by atoms with Crippen molar-refractivity contribution in [1.29, 1.82) is 0 Å². The molecule has 1 aromatic rings. The summed E-state index contributed by atoms with van der Waals surface area (Å²) >= 11 is 0. The van der Waals surface area contributed by atoms with Crippen molar-refractivity contribution in [2.45, 2.75) is 56.2 Å². The first-order valence-electron chi connectivity index (χ1n) is 9.80. The molecule has 190 valence electrons. The van der Waals surface area contributed by atoms with Crippen LogP contribution in [-0.2, 0) is 23.9 Å². The molecule has 1 aromatic heterocycles. The first kappa shape index (κ1) is 28.6. The van der Waals surface area contributed by atoms with E-state index >= 15 is 0 Å². The van der Waals surface area contributed by atoms with E-state index in [4.69, 9.17) is 26.4 Å². The summed E-state index contributed by atoms with van der Waals surface area (Å²) < 4.78 is 5.76. The molecule has 34 heavy (non-hydrogen) atoms. The van der Waals surface area contributed by atoms with Crippen molar-refractivity contribution in [3.63, 3.8) is 0 Å². The lowest BCUT2D eigenvalue weighted by Gasteiger charge is -2.31. The largest absolute Gasteiger partial charge is 0.481 e. The van der Waals surface area contributed by atoms with E-state index in [0.29, 0.717) is 0 Å². The monoisotopic (exact) mass is 489 g/mol. The van der Waals surface area contributed by atoms with Crippen molar-refractivity contribution in [1.82, 2.24) is 9.55 Å². The van der Waals surface area contributed by atoms with Crippen LogP contribution in [0.15, 0.2) is 17.1 Å². The highest BCUT2D eigenvalue weighted by Crippen LogP contribution is 2.19. The number of anilines is 1. The lowest BCUT2D eigenvalue weighted by Crippen LogP contribution is -2.50. The Bertz CT molecular complexity index is 952. The molecule has 10 N–H and O–H groups in total. The molecule has 0 fully saturated rings. The zero-order chi connectivity index (χ0) is 26.2. The highest BCUT2D eigenvalue weighted by molar-refractivity contribution is 5.95. The zero-order valence-electron chi connectivity index (χ0n) is 18.0. The summed E-state index contributed by atoms with van der Waals surface area (Å²) in [7, 11) is 0. The van der Waals surface area contributed by atoms with Crippen LogP contribution >= 0.6 is 0 Å². The quantitative estimate of drug-likeness (QED) is 0.123. The molecule has 0 saturated carbocycles. The molecule has 0 aliphatic heterocycles. The number of aliphatic hydroxyl groups excluding tert-OH is 3. The van der Waals surface area contributed by atoms with Gasteiger partial charge in [-0.05, 0) is 13.0 Å². The number of hydrogen-bond donors (Lipinski definition) is 8. The molecule has 0 aliphatic carbocycles. The van der Waals surface area contributed by atoms with Crippen molar-refractivity contribution in [3.05, 3.63) is 22.7 Å². The van der Waals surface area contributed by atoms with Gasteiger partial charge in [-0.1, -0.05) is 0 Å². The van der Waals surface area contributed by atoms with Crippen LogP contribution in [0.2, 0.25) is 0 Å². The number of esters is 1. The van der Waals surface area contributed by atoms with Gasteiger partial charge in [0.05, 0.1) is 31.5 Å². The number of carboxylic acid groups (broad SMARTS) is 2. The van der Waals surface area contributed by atoms with E-state index in [9.17, 15) is 39.3 Å². The molecule has 0 aliphatic rings. The first-order chi connectivity index (χ1) is 15.8. The zero-order valence-corrected chi connectivity index (χ0v) is 18.0. The lowest BCUT2D eigenvalue weighted by atomic mass is 10.0. The number of carboxylic acids is 2. The third-order valence-electron chi connectivity index (χ3n) is 4.60. The van der Waals surface area contributed by atoms with Crippen molar-refractivity contribution < 1.29 is 49.4 Å². The van der Waals surface area contributed by atoms with Crippen LogP contribution in [0, 0.1) is 0 Å². The van der Waals surface area contributed by atoms with Crippen LogP contribution in [0.5, 0.6) is 0 Å². The van der Waals surface area contributed by atoms with Crippen LogP contribution in [0.3, 0.4) is 0 Å². The topological polar surface area (TPSA) is 278 Å². The van der Waals surface area contributed by atoms with E-state index in [1.807, 2.05) is 0 Å². The molecule has 0 bridgehead atoms. The van der Waals surface area contributed by atoms with Gasteiger partial charge in [0.2, 0.25) is 5.91 Å². The first-order valence-corrected chi connectivity index (χ1v) is 9.80. The second kappa shape index (κ2) is 12.7. The number of carbonyl (C=O) groups is 4. The van der Waals surface area contributed by atoms with Gasteiger partial charge in [-0.25, -0.2) is 4.79 Å². The predicted molar refractivity (Wildman–Crippen MR) is 111 cm³/mol. The standard InChI is InChI=1S/C18H27N5O11/c1-7(14(30)15(10(25)6-24)34-17(32)9(20)5-13(28)29)23-3-2-11(22-18(23)33)21-16(31)8(19)4-12(26)27/h2-3,7-10,14-15,24-25,30H,4-6,19-20H2,1H3,(H,26,27)(H,28,29)(H,21,22,31,33)/t7-,8+,9+,10-,14?,15?/m1/s1. The molecule has 16 heteroatoms. The molecule has 1 heterocycles. The van der Waals surface area contributed by atoms with Crippen LogP contribution in [0.25, 0.3) is 0 Å². The number of ether oxygens (including phenoxy) is 1. The number of rotatable bonds is 13. The molecule has 1 rings (SSSR count). The molecule has 0 radical (unpaired) electrons. The highest BCUT2D eigenvalue weighted by Gasteiger charge is 2.36. The van der Waals surface area contributed by atoms with Gasteiger partial charge in [-0.15, -0.1) is 0 Å². The number of hydrogen-bond acceptors (Lipinski definition) is 12. The summed E-state index contributed by atoms with van der Waals surface area (Å²) in [6.07, 6.45) is -5.76. The fourth-order valence-corrected chi connectivity index (χ4v) is 2.70. The number of amides is 1. The van der Waals surface area contributed by atoms with Crippen molar-refractivity contribution in [2.24, 2.45) is 11.5 Å². The van der Waals surface area contributed by atoms with Crippen molar-refractivity contribution in [3.8, 4) is 0 Å². The third kappa shape index (κ3) is 8.16. The minimum Gasteiger partial charge on any atom is -0.481 e. The normalized spacial score (nSPS) is 16.4. The van der Waals surface area contributed by atoms with Gasteiger partial charge in [-0.3, -0.25) is 23.7 Å². The fraction of sp³-hybridized carbons (Fsp3) is 0.556. The van der Waals surface area contributed by atoms with Gasteiger partial charge in [0, 0.05) is 6.20 Å². The second-order valence-electron chi connectivity index (χ2n) is 7.28. The fourth-order valence-electron chi connectivity index (χ4n) is 2.70. The summed E-state index contributed by atoms with van der Waals surface area (Å²) in [5.74, 6) is -5.14. The maximum Gasteiger partial charge on any atom is 0.349 e. The number of aliphatic carboxylic acids is 2. The second-order valence-corrected chi connectivity index (χ2v) is 7.28. The van der Waals surface area contributed by atoms with E-state index < -0.39 is 85.4 Å². The number of aliphatic hydroxyl groups is 3. The van der Waals surface area contributed by atoms with Crippen LogP contribution < -0.4 is 22.5 Å². The number of nitrogens with two attached hydrogens (primary N) is 2. The van der Waals surface area contributed by atoms with Crippen LogP contribution in [0.4, 0.5) is 5.82 Å². The Kier molecular flexibility index (Phi) is 10.7. The Labute approximate surface area is 191 Å². The SMILES string of the molecule is C[C@H](C(O)C(OC(=O)[C@@H](N)CC(=O)O)[C@H](O)CO)n1ccc(NC(=O)[C@@H](N)CC(=O)O)nc1=O. The Morgan fingerprint density at radius 3 is 2.18 bits per heavy atom. The smallest absolute Gasteiger partial charge is 0.349 e. The van der Waals surface area contributed by atoms with E-state index in [1.54, 1.807) is 0 Å². The Morgan fingerprint density at radius 1 is 1.12 bits per heavy atom. The summed E-state index contributed by atoms with van der Waals surface area (Å²) in [5.41, 5.74) is 9.82. The number of carbonyl (C=O) groups excluding carboxylic acids is 2. The Morgan fingerprint density at radius 2 is 1.68 bits per heavy atom. The van der Waals surface area contributed by atoms with E-state index in [0.717, 1.165) is 16.8 Å². The van der Waals surface area contributed by atoms with Crippen LogP contribution in [-0.4, -0.2) is 95.9 Å². The molecule has 16 nitrogen and oxygen atoms in total. The lowest BCUT2D eigenvalue weighted by molar-refractivity contribution is -0.172. The molecule has 0 aromatic carbocycles. The Hall–Kier alpha value is -3.44. The summed E-state index contributed by atoms with van der Waals surface area (Å²) in [6, 6.07) is -3.09. The van der Waals surface area contributed by atoms with Gasteiger partial charge in [-0.2, -0.15) is 4.98 Å².